The number of hydrogen-bond acceptors (Lipinski definition) is 3. The maximum Gasteiger partial charge on any atom is 0.263 e. The molecule has 2 amide bonds. The van der Waals surface area contributed by atoms with Crippen molar-refractivity contribution in [2.75, 3.05) is 18.5 Å². The van der Waals surface area contributed by atoms with Crippen LogP contribution in [-0.4, -0.2) is 42.5 Å². The summed E-state index contributed by atoms with van der Waals surface area (Å²) in [4.78, 5) is 28.4. The van der Waals surface area contributed by atoms with Gasteiger partial charge in [-0.15, -0.1) is 0 Å². The van der Waals surface area contributed by atoms with E-state index in [1.54, 1.807) is 11.9 Å². The molecule has 142 valence electrons. The Balaban J connectivity index is 1.66. The predicted molar refractivity (Wildman–Crippen MR) is 96.4 cm³/mol. The lowest BCUT2D eigenvalue weighted by Crippen LogP contribution is -2.47. The molecule has 0 radical (unpaired) electrons. The van der Waals surface area contributed by atoms with E-state index in [-0.39, 0.29) is 11.7 Å². The number of ether oxygens (including phenoxy) is 1. The minimum atomic E-state index is -1.05. The van der Waals surface area contributed by atoms with Crippen molar-refractivity contribution in [3.63, 3.8) is 0 Å². The molecular formula is C20H20F2N2O3. The van der Waals surface area contributed by atoms with Gasteiger partial charge in [-0.25, -0.2) is 8.78 Å². The average molecular weight is 374 g/mol. The maximum absolute atomic E-state index is 13.3. The summed E-state index contributed by atoms with van der Waals surface area (Å²) in [7, 11) is 1.55. The number of likely N-dealkylation sites (N-methyl/N-ethyl adjacent to an activating group) is 1. The molecule has 0 aromatic heterocycles. The lowest BCUT2D eigenvalue weighted by Gasteiger charge is -2.27. The minimum absolute atomic E-state index is 0.0480. The number of carbonyl (C=O) groups excluding carboxylic acids is 2. The second-order valence-corrected chi connectivity index (χ2v) is 6.42. The summed E-state index contributed by atoms with van der Waals surface area (Å²) in [5.74, 6) is -2.56. The van der Waals surface area contributed by atoms with Crippen LogP contribution >= 0.6 is 0 Å². The van der Waals surface area contributed by atoms with Gasteiger partial charge in [-0.3, -0.25) is 9.59 Å². The smallest absolute Gasteiger partial charge is 0.263 e. The lowest BCUT2D eigenvalue weighted by molar-refractivity contribution is -0.142. The van der Waals surface area contributed by atoms with Crippen LogP contribution in [0, 0.1) is 11.6 Å². The van der Waals surface area contributed by atoms with Gasteiger partial charge in [0.05, 0.1) is 0 Å². The van der Waals surface area contributed by atoms with Crippen molar-refractivity contribution in [3.05, 3.63) is 60.2 Å². The summed E-state index contributed by atoms with van der Waals surface area (Å²) in [6, 6.07) is 11.7. The van der Waals surface area contributed by atoms with Crippen LogP contribution in [0.15, 0.2) is 48.5 Å². The van der Waals surface area contributed by atoms with Crippen LogP contribution < -0.4 is 9.64 Å². The second kappa shape index (κ2) is 7.73. The molecule has 0 bridgehead atoms. The van der Waals surface area contributed by atoms with Crippen LogP contribution in [0.2, 0.25) is 0 Å². The third-order valence-electron chi connectivity index (χ3n) is 4.61. The fourth-order valence-corrected chi connectivity index (χ4v) is 3.13. The molecule has 1 aliphatic heterocycles. The Labute approximate surface area is 156 Å². The standard InChI is InChI=1S/C20H20F2N2O3/c1-13(27-15-8-9-16(21)17(22)12-15)19(25)23(2)18-10-11-24(20(18)26)14-6-4-3-5-7-14/h3-9,12-13,18H,10-11H2,1-2H3. The number of anilines is 1. The van der Waals surface area contributed by atoms with E-state index in [2.05, 4.69) is 0 Å². The van der Waals surface area contributed by atoms with Crippen molar-refractivity contribution in [2.24, 2.45) is 0 Å². The molecule has 2 aromatic carbocycles. The summed E-state index contributed by atoms with van der Waals surface area (Å²) in [5.41, 5.74) is 0.789. The Morgan fingerprint density at radius 2 is 1.89 bits per heavy atom. The summed E-state index contributed by atoms with van der Waals surface area (Å²) in [6.45, 7) is 2.03. The van der Waals surface area contributed by atoms with Gasteiger partial charge >= 0.3 is 0 Å². The number of halogens is 2. The molecule has 2 aromatic rings. The van der Waals surface area contributed by atoms with Gasteiger partial charge < -0.3 is 14.5 Å². The zero-order valence-electron chi connectivity index (χ0n) is 15.1. The fraction of sp³-hybridized carbons (Fsp3) is 0.300. The molecule has 1 heterocycles. The van der Waals surface area contributed by atoms with Crippen LogP contribution in [0.3, 0.4) is 0 Å². The highest BCUT2D eigenvalue weighted by molar-refractivity contribution is 6.01. The van der Waals surface area contributed by atoms with Crippen molar-refractivity contribution in [2.45, 2.75) is 25.5 Å². The molecule has 1 fully saturated rings. The van der Waals surface area contributed by atoms with Crippen molar-refractivity contribution >= 4 is 17.5 Å². The van der Waals surface area contributed by atoms with Crippen LogP contribution in [0.4, 0.5) is 14.5 Å². The predicted octanol–water partition coefficient (Wildman–Crippen LogP) is 3.00. The highest BCUT2D eigenvalue weighted by Gasteiger charge is 2.38. The van der Waals surface area contributed by atoms with E-state index in [1.807, 2.05) is 30.3 Å². The molecule has 0 aliphatic carbocycles. The molecular weight excluding hydrogens is 354 g/mol. The molecule has 2 atom stereocenters. The molecule has 1 aliphatic rings. The topological polar surface area (TPSA) is 49.9 Å². The monoisotopic (exact) mass is 374 g/mol. The van der Waals surface area contributed by atoms with Crippen LogP contribution in [0.1, 0.15) is 13.3 Å². The normalized spacial score (nSPS) is 17.7. The zero-order valence-corrected chi connectivity index (χ0v) is 15.1. The maximum atomic E-state index is 13.3. The first-order valence-electron chi connectivity index (χ1n) is 8.63. The van der Waals surface area contributed by atoms with Crippen LogP contribution in [0.5, 0.6) is 5.75 Å². The Bertz CT molecular complexity index is 844. The van der Waals surface area contributed by atoms with Gasteiger partial charge in [-0.1, -0.05) is 18.2 Å². The fourth-order valence-electron chi connectivity index (χ4n) is 3.13. The summed E-state index contributed by atoms with van der Waals surface area (Å²) in [6.07, 6.45) is -0.438. The quantitative estimate of drug-likeness (QED) is 0.809. The third-order valence-corrected chi connectivity index (χ3v) is 4.61. The summed E-state index contributed by atoms with van der Waals surface area (Å²) >= 11 is 0. The van der Waals surface area contributed by atoms with E-state index < -0.39 is 29.7 Å². The Hall–Kier alpha value is -2.96. The van der Waals surface area contributed by atoms with Crippen molar-refractivity contribution in [1.29, 1.82) is 0 Å². The van der Waals surface area contributed by atoms with E-state index in [4.69, 9.17) is 4.74 Å². The van der Waals surface area contributed by atoms with Gasteiger partial charge in [0.1, 0.15) is 11.8 Å². The number of benzene rings is 2. The van der Waals surface area contributed by atoms with Crippen molar-refractivity contribution in [3.8, 4) is 5.75 Å². The van der Waals surface area contributed by atoms with E-state index in [9.17, 15) is 18.4 Å². The van der Waals surface area contributed by atoms with Gasteiger partial charge in [0, 0.05) is 25.3 Å². The number of amides is 2. The number of para-hydroxylation sites is 1. The zero-order chi connectivity index (χ0) is 19.6. The van der Waals surface area contributed by atoms with Gasteiger partial charge in [-0.05, 0) is 37.6 Å². The number of hydrogen-bond donors (Lipinski definition) is 0. The number of rotatable bonds is 5. The molecule has 0 spiro atoms. The number of carbonyl (C=O) groups is 2. The molecule has 2 unspecified atom stereocenters. The first-order valence-corrected chi connectivity index (χ1v) is 8.63. The van der Waals surface area contributed by atoms with Crippen molar-refractivity contribution < 1.29 is 23.1 Å². The van der Waals surface area contributed by atoms with Gasteiger partial charge in [0.15, 0.2) is 17.7 Å². The number of nitrogens with zero attached hydrogens (tertiary/aromatic N) is 2. The van der Waals surface area contributed by atoms with E-state index in [1.165, 1.54) is 17.9 Å². The largest absolute Gasteiger partial charge is 0.481 e. The highest BCUT2D eigenvalue weighted by atomic mass is 19.2. The first-order chi connectivity index (χ1) is 12.9. The van der Waals surface area contributed by atoms with E-state index in [0.717, 1.165) is 17.8 Å². The minimum Gasteiger partial charge on any atom is -0.481 e. The molecule has 27 heavy (non-hydrogen) atoms. The van der Waals surface area contributed by atoms with E-state index in [0.29, 0.717) is 13.0 Å². The van der Waals surface area contributed by atoms with Crippen molar-refractivity contribution in [1.82, 2.24) is 4.90 Å². The lowest BCUT2D eigenvalue weighted by atomic mass is 10.2. The van der Waals surface area contributed by atoms with Crippen LogP contribution in [-0.2, 0) is 9.59 Å². The first kappa shape index (κ1) is 18.8. The molecule has 1 saturated heterocycles. The molecule has 3 rings (SSSR count). The summed E-state index contributed by atoms with van der Waals surface area (Å²) in [5, 5.41) is 0. The molecule has 7 heteroatoms. The average Bonchev–Trinajstić information content (AvgIpc) is 3.05. The van der Waals surface area contributed by atoms with E-state index >= 15 is 0 Å². The molecule has 5 nitrogen and oxygen atoms in total. The summed E-state index contributed by atoms with van der Waals surface area (Å²) < 4.78 is 31.7. The Morgan fingerprint density at radius 1 is 1.19 bits per heavy atom. The van der Waals surface area contributed by atoms with Gasteiger partial charge in [-0.2, -0.15) is 0 Å². The van der Waals surface area contributed by atoms with Gasteiger partial charge in [0.2, 0.25) is 5.91 Å². The Morgan fingerprint density at radius 3 is 2.56 bits per heavy atom. The van der Waals surface area contributed by atoms with Gasteiger partial charge in [0.25, 0.3) is 5.91 Å². The SMILES string of the molecule is CC(Oc1ccc(F)c(F)c1)C(=O)N(C)C1CCN(c2ccccc2)C1=O. The van der Waals surface area contributed by atoms with Crippen LogP contribution in [0.25, 0.3) is 0 Å². The highest BCUT2D eigenvalue weighted by Crippen LogP contribution is 2.24. The third kappa shape index (κ3) is 3.92. The molecule has 0 saturated carbocycles. The Kier molecular flexibility index (Phi) is 5.39. The molecule has 0 N–H and O–H groups in total. The second-order valence-electron chi connectivity index (χ2n) is 6.42.